The Kier molecular flexibility index (Phi) is 7.11. The molecule has 0 radical (unpaired) electrons. The molecule has 0 aliphatic carbocycles. The van der Waals surface area contributed by atoms with E-state index in [4.69, 9.17) is 25.2 Å². The van der Waals surface area contributed by atoms with E-state index in [1.807, 2.05) is 0 Å². The van der Waals surface area contributed by atoms with E-state index in [2.05, 4.69) is 18.7 Å². The summed E-state index contributed by atoms with van der Waals surface area (Å²) in [5.74, 6) is 0. The summed E-state index contributed by atoms with van der Waals surface area (Å²) in [5, 5.41) is 3.99. The van der Waals surface area contributed by atoms with Gasteiger partial charge in [0.05, 0.1) is 29.9 Å². The smallest absolute Gasteiger partial charge is 0.396 e. The number of nitrogens with zero attached hydrogens (tertiary/aromatic N) is 3. The van der Waals surface area contributed by atoms with Gasteiger partial charge in [-0.3, -0.25) is 4.57 Å². The molecule has 6 N–H and O–H groups in total. The summed E-state index contributed by atoms with van der Waals surface area (Å²) in [4.78, 5) is 39.5. The predicted octanol–water partition coefficient (Wildman–Crippen LogP) is 0.578. The third-order valence-electron chi connectivity index (χ3n) is 3.03. The van der Waals surface area contributed by atoms with Gasteiger partial charge in [0, 0.05) is 6.42 Å². The van der Waals surface area contributed by atoms with Crippen molar-refractivity contribution in [3.8, 4) is 0 Å². The van der Waals surface area contributed by atoms with Crippen LogP contribution in [0.4, 0.5) is 10.1 Å². The van der Waals surface area contributed by atoms with Crippen LogP contribution in [0, 0.1) is 0 Å². The van der Waals surface area contributed by atoms with Gasteiger partial charge >= 0.3 is 23.2 Å². The van der Waals surface area contributed by atoms with Crippen LogP contribution in [-0.4, -0.2) is 53.3 Å². The lowest BCUT2D eigenvalue weighted by molar-refractivity contribution is 0.0549. The molecule has 3 atom stereocenters. The number of phosphoric acid groups is 2. The molecular formula is C10H16FN4O10P3. The second-order valence-electron chi connectivity index (χ2n) is 5.31. The fraction of sp³-hybridized carbons (Fsp3) is 0.400. The second-order valence-corrected chi connectivity index (χ2v) is 10.1. The SMILES string of the molecule is Nc1ccnn2c(C[C@@H](CF)OCP(=O)(O)OP(=O)(O)OP(=O)(O)O)cnc12. The molecular weight excluding hydrogens is 448 g/mol. The van der Waals surface area contributed by atoms with E-state index in [1.165, 1.54) is 23.0 Å². The normalized spacial score (nSPS) is 17.9. The van der Waals surface area contributed by atoms with Gasteiger partial charge in [0.2, 0.25) is 0 Å². The highest BCUT2D eigenvalue weighted by Crippen LogP contribution is 2.65. The summed E-state index contributed by atoms with van der Waals surface area (Å²) in [5.41, 5.74) is 6.70. The lowest BCUT2D eigenvalue weighted by Gasteiger charge is -2.19. The Bertz CT molecular complexity index is 980. The quantitative estimate of drug-likeness (QED) is 0.304. The highest BCUT2D eigenvalue weighted by molar-refractivity contribution is 7.68. The largest absolute Gasteiger partial charge is 0.488 e. The average Bonchev–Trinajstić information content (AvgIpc) is 2.92. The van der Waals surface area contributed by atoms with Crippen LogP contribution in [0.25, 0.3) is 5.65 Å². The molecule has 18 heteroatoms. The van der Waals surface area contributed by atoms with Crippen molar-refractivity contribution in [3.05, 3.63) is 24.2 Å². The van der Waals surface area contributed by atoms with Gasteiger partial charge in [-0.25, -0.2) is 27.3 Å². The topological polar surface area (TPSA) is 216 Å². The number of hydrogen-bond acceptors (Lipinski definition) is 9. The molecule has 158 valence electrons. The zero-order valence-corrected chi connectivity index (χ0v) is 16.5. The Hall–Kier alpha value is -1.24. The highest BCUT2D eigenvalue weighted by atomic mass is 31.3. The number of hydrogen-bond donors (Lipinski definition) is 5. The van der Waals surface area contributed by atoms with Crippen LogP contribution in [0.1, 0.15) is 5.69 Å². The lowest BCUT2D eigenvalue weighted by atomic mass is 10.2. The number of halogens is 1. The van der Waals surface area contributed by atoms with E-state index in [9.17, 15) is 23.0 Å². The van der Waals surface area contributed by atoms with Crippen LogP contribution in [0.15, 0.2) is 18.5 Å². The monoisotopic (exact) mass is 464 g/mol. The molecule has 0 saturated heterocycles. The molecule has 0 saturated carbocycles. The molecule has 0 amide bonds. The van der Waals surface area contributed by atoms with Crippen LogP contribution >= 0.6 is 23.2 Å². The summed E-state index contributed by atoms with van der Waals surface area (Å²) in [6.07, 6.45) is 0.00420. The Morgan fingerprint density at radius 2 is 1.89 bits per heavy atom. The van der Waals surface area contributed by atoms with Gasteiger partial charge in [-0.15, -0.1) is 0 Å². The molecule has 2 unspecified atom stereocenters. The number of rotatable bonds is 10. The summed E-state index contributed by atoms with van der Waals surface area (Å²) in [6, 6.07) is 1.50. The van der Waals surface area contributed by atoms with Crippen molar-refractivity contribution in [3.63, 3.8) is 0 Å². The minimum atomic E-state index is -5.59. The van der Waals surface area contributed by atoms with E-state index in [0.717, 1.165) is 0 Å². The van der Waals surface area contributed by atoms with Crippen molar-refractivity contribution >= 4 is 34.6 Å². The highest BCUT2D eigenvalue weighted by Gasteiger charge is 2.40. The molecule has 0 aromatic carbocycles. The van der Waals surface area contributed by atoms with Crippen LogP contribution in [0.2, 0.25) is 0 Å². The van der Waals surface area contributed by atoms with Crippen LogP contribution < -0.4 is 5.73 Å². The van der Waals surface area contributed by atoms with Crippen molar-refractivity contribution in [1.82, 2.24) is 14.6 Å². The van der Waals surface area contributed by atoms with Gasteiger partial charge in [-0.2, -0.15) is 9.41 Å². The number of nitrogen functional groups attached to an aromatic ring is 1. The number of aromatic nitrogens is 3. The molecule has 0 bridgehead atoms. The number of imidazole rings is 1. The van der Waals surface area contributed by atoms with E-state index in [0.29, 0.717) is 17.0 Å². The van der Waals surface area contributed by atoms with E-state index in [1.54, 1.807) is 0 Å². The van der Waals surface area contributed by atoms with E-state index < -0.39 is 42.4 Å². The van der Waals surface area contributed by atoms with E-state index in [-0.39, 0.29) is 6.42 Å². The number of anilines is 1. The van der Waals surface area contributed by atoms with Crippen molar-refractivity contribution in [2.45, 2.75) is 12.5 Å². The average molecular weight is 464 g/mol. The Balaban J connectivity index is 2.02. The maximum atomic E-state index is 13.2. The lowest BCUT2D eigenvalue weighted by Crippen LogP contribution is -2.20. The second kappa shape index (κ2) is 8.64. The molecule has 0 aliphatic rings. The zero-order valence-electron chi connectivity index (χ0n) is 13.8. The van der Waals surface area contributed by atoms with Gasteiger partial charge in [0.15, 0.2) is 5.65 Å². The molecule has 28 heavy (non-hydrogen) atoms. The van der Waals surface area contributed by atoms with E-state index >= 15 is 0 Å². The Morgan fingerprint density at radius 1 is 1.21 bits per heavy atom. The van der Waals surface area contributed by atoms with Crippen molar-refractivity contribution < 1.29 is 51.0 Å². The first-order valence-corrected chi connectivity index (χ1v) is 12.0. The third-order valence-corrected chi connectivity index (χ3v) is 7.02. The van der Waals surface area contributed by atoms with Gasteiger partial charge in [0.1, 0.15) is 13.0 Å². The minimum absolute atomic E-state index is 0.163. The van der Waals surface area contributed by atoms with Crippen LogP contribution in [0.5, 0.6) is 0 Å². The summed E-state index contributed by atoms with van der Waals surface area (Å²) < 4.78 is 60.3. The number of nitrogens with two attached hydrogens (primary N) is 1. The van der Waals surface area contributed by atoms with Gasteiger partial charge in [0.25, 0.3) is 0 Å². The summed E-state index contributed by atoms with van der Waals surface area (Å²) in [6.45, 7) is -1.12. The molecule has 0 aliphatic heterocycles. The first kappa shape index (κ1) is 23.0. The van der Waals surface area contributed by atoms with Crippen molar-refractivity contribution in [2.24, 2.45) is 0 Å². The van der Waals surface area contributed by atoms with Crippen LogP contribution in [0.3, 0.4) is 0 Å². The van der Waals surface area contributed by atoms with Gasteiger partial charge < -0.3 is 30.0 Å². The number of alkyl halides is 1. The third kappa shape index (κ3) is 6.68. The molecule has 14 nitrogen and oxygen atoms in total. The standard InChI is InChI=1S/C10H16FN4O10P3/c11-4-8(3-7-5-13-10-9(12)1-2-14-15(7)10)23-6-26(16,17)24-28(21,22)25-27(18,19)20/h1-2,5,8H,3-4,6,12H2,(H,16,17)(H,21,22)(H2,18,19,20)/t8-/m0/s1. The van der Waals surface area contributed by atoms with Crippen molar-refractivity contribution in [1.29, 1.82) is 0 Å². The Morgan fingerprint density at radius 3 is 2.50 bits per heavy atom. The van der Waals surface area contributed by atoms with Crippen LogP contribution in [-0.2, 0) is 33.5 Å². The Labute approximate surface area is 156 Å². The maximum Gasteiger partial charge on any atom is 0.488 e. The van der Waals surface area contributed by atoms with Crippen molar-refractivity contribution in [2.75, 3.05) is 18.8 Å². The fourth-order valence-electron chi connectivity index (χ4n) is 2.03. The number of fused-ring (bicyclic) bond motifs is 1. The van der Waals surface area contributed by atoms with Gasteiger partial charge in [-0.1, -0.05) is 0 Å². The fourth-order valence-corrected chi connectivity index (χ4v) is 5.37. The minimum Gasteiger partial charge on any atom is -0.396 e. The molecule has 0 fully saturated rings. The first-order valence-electron chi connectivity index (χ1n) is 7.19. The number of ether oxygens (including phenoxy) is 1. The first-order chi connectivity index (χ1) is 12.8. The summed E-state index contributed by atoms with van der Waals surface area (Å²) >= 11 is 0. The summed E-state index contributed by atoms with van der Waals surface area (Å²) in [7, 11) is -16.1. The maximum absolute atomic E-state index is 13.2. The molecule has 2 aromatic rings. The molecule has 2 heterocycles. The van der Waals surface area contributed by atoms with Gasteiger partial charge in [-0.05, 0) is 6.07 Å². The molecule has 2 rings (SSSR count). The molecule has 2 aromatic heterocycles. The predicted molar refractivity (Wildman–Crippen MR) is 90.7 cm³/mol. The zero-order chi connectivity index (χ0) is 21.2. The molecule has 0 spiro atoms.